The lowest BCUT2D eigenvalue weighted by molar-refractivity contribution is 0.0945. The molecule has 10 heteroatoms. The minimum Gasteiger partial charge on any atom is -0.482 e. The molecule has 1 unspecified atom stereocenters. The molecule has 5 rings (SSSR count). The summed E-state index contributed by atoms with van der Waals surface area (Å²) < 4.78 is 6.63. The Labute approximate surface area is 189 Å². The molecule has 1 aromatic carbocycles. The van der Waals surface area contributed by atoms with Gasteiger partial charge in [0.05, 0.1) is 17.9 Å². The van der Waals surface area contributed by atoms with E-state index in [0.717, 1.165) is 30.3 Å². The van der Waals surface area contributed by atoms with E-state index in [0.29, 0.717) is 35.6 Å². The van der Waals surface area contributed by atoms with Gasteiger partial charge >= 0.3 is 0 Å². The van der Waals surface area contributed by atoms with Crippen molar-refractivity contribution in [3.05, 3.63) is 54.4 Å². The average molecular weight is 447 g/mol. The molecule has 0 saturated carbocycles. The standard InChI is InChI=1S/C23H25N7O3/c31-10-4-9-25-23(32)17-11-18(14-5-1-2-6-15(14)30-17)33-21(16-7-3-8-24-16)19-20-22(28-12-26-19)29-13-27-20/h1-2,5-6,11-13,16,21,24,31H,3-4,7-10H2,(H,25,32)(H,26,27,28,29)/t16?,21-/m1/s1. The Morgan fingerprint density at radius 1 is 1.27 bits per heavy atom. The summed E-state index contributed by atoms with van der Waals surface area (Å²) in [5.74, 6) is 0.241. The molecule has 33 heavy (non-hydrogen) atoms. The van der Waals surface area contributed by atoms with Gasteiger partial charge < -0.3 is 25.5 Å². The summed E-state index contributed by atoms with van der Waals surface area (Å²) in [4.78, 5) is 33.4. The molecule has 4 aromatic rings. The number of rotatable bonds is 8. The number of aromatic nitrogens is 5. The minimum absolute atomic E-state index is 0.0108. The van der Waals surface area contributed by atoms with Gasteiger partial charge in [-0.15, -0.1) is 0 Å². The monoisotopic (exact) mass is 447 g/mol. The molecule has 4 heterocycles. The Balaban J connectivity index is 1.56. The van der Waals surface area contributed by atoms with Crippen LogP contribution in [0.2, 0.25) is 0 Å². The summed E-state index contributed by atoms with van der Waals surface area (Å²) in [6.07, 6.45) is 5.12. The maximum Gasteiger partial charge on any atom is 0.270 e. The molecule has 3 aromatic heterocycles. The van der Waals surface area contributed by atoms with Crippen molar-refractivity contribution in [3.8, 4) is 5.75 Å². The third kappa shape index (κ3) is 4.35. The van der Waals surface area contributed by atoms with Gasteiger partial charge in [-0.3, -0.25) is 4.79 Å². The zero-order chi connectivity index (χ0) is 22.6. The van der Waals surface area contributed by atoms with Crippen LogP contribution >= 0.6 is 0 Å². The maximum absolute atomic E-state index is 12.7. The van der Waals surface area contributed by atoms with E-state index < -0.39 is 6.10 Å². The van der Waals surface area contributed by atoms with E-state index in [2.05, 4.69) is 35.6 Å². The van der Waals surface area contributed by atoms with Crippen LogP contribution in [0.3, 0.4) is 0 Å². The highest BCUT2D eigenvalue weighted by atomic mass is 16.5. The van der Waals surface area contributed by atoms with Crippen LogP contribution < -0.4 is 15.4 Å². The highest BCUT2D eigenvalue weighted by molar-refractivity contribution is 5.97. The van der Waals surface area contributed by atoms with Crippen LogP contribution in [0.15, 0.2) is 43.0 Å². The Morgan fingerprint density at radius 3 is 3.03 bits per heavy atom. The zero-order valence-electron chi connectivity index (χ0n) is 18.0. The number of carbonyl (C=O) groups is 1. The normalized spacial score (nSPS) is 16.8. The smallest absolute Gasteiger partial charge is 0.270 e. The van der Waals surface area contributed by atoms with Crippen LogP contribution in [0.25, 0.3) is 22.1 Å². The molecule has 0 aliphatic carbocycles. The summed E-state index contributed by atoms with van der Waals surface area (Å²) in [5.41, 5.74) is 2.95. The van der Waals surface area contributed by atoms with E-state index in [1.807, 2.05) is 24.3 Å². The molecule has 1 aliphatic heterocycles. The molecule has 2 atom stereocenters. The number of aliphatic hydroxyl groups is 1. The largest absolute Gasteiger partial charge is 0.482 e. The molecule has 1 saturated heterocycles. The molecule has 0 bridgehead atoms. The summed E-state index contributed by atoms with van der Waals surface area (Å²) >= 11 is 0. The molecular weight excluding hydrogens is 422 g/mol. The van der Waals surface area contributed by atoms with Crippen molar-refractivity contribution >= 4 is 28.0 Å². The van der Waals surface area contributed by atoms with Crippen LogP contribution in [-0.4, -0.2) is 61.7 Å². The lowest BCUT2D eigenvalue weighted by Crippen LogP contribution is -2.33. The van der Waals surface area contributed by atoms with Crippen LogP contribution in [-0.2, 0) is 0 Å². The predicted octanol–water partition coefficient (Wildman–Crippen LogP) is 1.89. The van der Waals surface area contributed by atoms with E-state index >= 15 is 0 Å². The number of amides is 1. The number of hydrogen-bond donors (Lipinski definition) is 4. The van der Waals surface area contributed by atoms with Crippen molar-refractivity contribution in [1.82, 2.24) is 35.6 Å². The summed E-state index contributed by atoms with van der Waals surface area (Å²) in [7, 11) is 0. The quantitative estimate of drug-likeness (QED) is 0.301. The van der Waals surface area contributed by atoms with Gasteiger partial charge in [0.25, 0.3) is 5.91 Å². The summed E-state index contributed by atoms with van der Waals surface area (Å²) in [6, 6.07) is 9.28. The van der Waals surface area contributed by atoms with Gasteiger partial charge in [0.15, 0.2) is 11.8 Å². The molecular formula is C23H25N7O3. The Hall–Kier alpha value is -3.63. The van der Waals surface area contributed by atoms with Gasteiger partial charge in [-0.25, -0.2) is 19.9 Å². The number of nitrogens with one attached hydrogen (secondary N) is 3. The Morgan fingerprint density at radius 2 is 2.18 bits per heavy atom. The van der Waals surface area contributed by atoms with Crippen molar-refractivity contribution in [3.63, 3.8) is 0 Å². The zero-order valence-corrected chi connectivity index (χ0v) is 18.0. The van der Waals surface area contributed by atoms with Gasteiger partial charge in [0.1, 0.15) is 29.0 Å². The number of benzene rings is 1. The molecule has 170 valence electrons. The Kier molecular flexibility index (Phi) is 6.09. The lowest BCUT2D eigenvalue weighted by atomic mass is 10.0. The number of nitrogens with zero attached hydrogens (tertiary/aromatic N) is 4. The average Bonchev–Trinajstić information content (AvgIpc) is 3.54. The van der Waals surface area contributed by atoms with E-state index in [1.165, 1.54) is 6.33 Å². The highest BCUT2D eigenvalue weighted by Crippen LogP contribution is 2.34. The van der Waals surface area contributed by atoms with Crippen molar-refractivity contribution in [1.29, 1.82) is 0 Å². The number of fused-ring (bicyclic) bond motifs is 2. The lowest BCUT2D eigenvalue weighted by Gasteiger charge is -2.25. The minimum atomic E-state index is -0.422. The molecule has 1 amide bonds. The van der Waals surface area contributed by atoms with E-state index in [4.69, 9.17) is 9.84 Å². The topological polar surface area (TPSA) is 138 Å². The number of H-pyrrole nitrogens is 1. The van der Waals surface area contributed by atoms with Crippen molar-refractivity contribution < 1.29 is 14.6 Å². The van der Waals surface area contributed by atoms with Crippen LogP contribution in [0.1, 0.15) is 41.5 Å². The second kappa shape index (κ2) is 9.47. The van der Waals surface area contributed by atoms with Crippen molar-refractivity contribution in [2.24, 2.45) is 0 Å². The Bertz CT molecular complexity index is 1270. The van der Waals surface area contributed by atoms with Gasteiger partial charge in [-0.1, -0.05) is 12.1 Å². The molecule has 10 nitrogen and oxygen atoms in total. The fraction of sp³-hybridized carbons (Fsp3) is 0.348. The van der Waals surface area contributed by atoms with Crippen molar-refractivity contribution in [2.45, 2.75) is 31.4 Å². The predicted molar refractivity (Wildman–Crippen MR) is 122 cm³/mol. The number of pyridine rings is 1. The van der Waals surface area contributed by atoms with E-state index in [9.17, 15) is 4.79 Å². The van der Waals surface area contributed by atoms with Gasteiger partial charge in [0, 0.05) is 24.6 Å². The van der Waals surface area contributed by atoms with Crippen LogP contribution in [0.5, 0.6) is 5.75 Å². The van der Waals surface area contributed by atoms with E-state index in [-0.39, 0.29) is 24.2 Å². The van der Waals surface area contributed by atoms with Gasteiger partial charge in [-0.2, -0.15) is 0 Å². The maximum atomic E-state index is 12.7. The molecule has 1 fully saturated rings. The second-order valence-electron chi connectivity index (χ2n) is 7.96. The number of carbonyl (C=O) groups excluding carboxylic acids is 1. The molecule has 1 aliphatic rings. The third-order valence-electron chi connectivity index (χ3n) is 5.77. The number of aromatic amines is 1. The molecule has 4 N–H and O–H groups in total. The van der Waals surface area contributed by atoms with Crippen LogP contribution in [0, 0.1) is 0 Å². The van der Waals surface area contributed by atoms with Gasteiger partial charge in [0.2, 0.25) is 0 Å². The van der Waals surface area contributed by atoms with E-state index in [1.54, 1.807) is 12.4 Å². The number of aliphatic hydroxyl groups excluding tert-OH is 1. The first-order chi connectivity index (χ1) is 16.2. The first-order valence-electron chi connectivity index (χ1n) is 11.1. The number of imidazole rings is 1. The SMILES string of the molecule is O=C(NCCCO)c1cc(O[C@@H](c2ncnc3nc[nH]c23)C2CCCN2)c2ccccc2n1. The summed E-state index contributed by atoms with van der Waals surface area (Å²) in [6.45, 7) is 1.28. The number of para-hydroxylation sites is 1. The first kappa shape index (κ1) is 21.2. The highest BCUT2D eigenvalue weighted by Gasteiger charge is 2.32. The van der Waals surface area contributed by atoms with Gasteiger partial charge in [-0.05, 0) is 37.9 Å². The fourth-order valence-corrected chi connectivity index (χ4v) is 4.16. The fourth-order valence-electron chi connectivity index (χ4n) is 4.16. The second-order valence-corrected chi connectivity index (χ2v) is 7.96. The molecule has 0 spiro atoms. The number of hydrogen-bond acceptors (Lipinski definition) is 8. The summed E-state index contributed by atoms with van der Waals surface area (Å²) in [5, 5.41) is 16.1. The first-order valence-corrected chi connectivity index (χ1v) is 11.1. The molecule has 0 radical (unpaired) electrons. The van der Waals surface area contributed by atoms with Crippen LogP contribution in [0.4, 0.5) is 0 Å². The third-order valence-corrected chi connectivity index (χ3v) is 5.77. The van der Waals surface area contributed by atoms with Crippen molar-refractivity contribution in [2.75, 3.05) is 19.7 Å². The number of ether oxygens (including phenoxy) is 1.